The third-order valence-electron chi connectivity index (χ3n) is 3.31. The summed E-state index contributed by atoms with van der Waals surface area (Å²) >= 11 is 0.913. The fourth-order valence-corrected chi connectivity index (χ4v) is 2.85. The van der Waals surface area contributed by atoms with Crippen LogP contribution in [0.5, 0.6) is 0 Å². The fourth-order valence-electron chi connectivity index (χ4n) is 1.92. The zero-order valence-electron chi connectivity index (χ0n) is 11.7. The molecule has 110 valence electrons. The van der Waals surface area contributed by atoms with Gasteiger partial charge in [0.1, 0.15) is 0 Å². The van der Waals surface area contributed by atoms with Gasteiger partial charge in [0, 0.05) is 6.04 Å². The third-order valence-corrected chi connectivity index (χ3v) is 4.19. The Bertz CT molecular complexity index is 621. The lowest BCUT2D eigenvalue weighted by Crippen LogP contribution is -2.36. The lowest BCUT2D eigenvalue weighted by atomic mass is 10.1. The van der Waals surface area contributed by atoms with Gasteiger partial charge < -0.3 is 5.11 Å². The predicted molar refractivity (Wildman–Crippen MR) is 81.0 cm³/mol. The molecule has 0 saturated carbocycles. The van der Waals surface area contributed by atoms with Gasteiger partial charge in [-0.3, -0.25) is 14.5 Å². The number of benzene rings is 1. The molecule has 1 aromatic rings. The Morgan fingerprint density at radius 2 is 1.95 bits per heavy atom. The van der Waals surface area contributed by atoms with Crippen LogP contribution in [-0.4, -0.2) is 33.2 Å². The van der Waals surface area contributed by atoms with Crippen LogP contribution < -0.4 is 0 Å². The van der Waals surface area contributed by atoms with Crippen LogP contribution in [0.2, 0.25) is 0 Å². The van der Waals surface area contributed by atoms with E-state index in [1.807, 2.05) is 13.8 Å². The maximum atomic E-state index is 12.2. The van der Waals surface area contributed by atoms with Gasteiger partial charge in [0.05, 0.1) is 10.5 Å². The second kappa shape index (κ2) is 6.13. The molecule has 0 bridgehead atoms. The fraction of sp³-hybridized carbons (Fsp3) is 0.267. The molecular formula is C15H15NO4S. The summed E-state index contributed by atoms with van der Waals surface area (Å²) in [6.07, 6.45) is 2.32. The maximum Gasteiger partial charge on any atom is 0.335 e. The van der Waals surface area contributed by atoms with Crippen LogP contribution in [0.25, 0.3) is 6.08 Å². The molecule has 2 amide bonds. The SMILES string of the molecule is CC[C@H](C)N1C(=O)SC(=Cc2ccc(C(=O)O)cc2)C1=O. The summed E-state index contributed by atoms with van der Waals surface area (Å²) in [6.45, 7) is 3.75. The number of hydrogen-bond acceptors (Lipinski definition) is 4. The largest absolute Gasteiger partial charge is 0.478 e. The number of carboxylic acid groups (broad SMARTS) is 1. The Hall–Kier alpha value is -2.08. The van der Waals surface area contributed by atoms with E-state index < -0.39 is 5.97 Å². The van der Waals surface area contributed by atoms with Gasteiger partial charge in [-0.25, -0.2) is 4.79 Å². The van der Waals surface area contributed by atoms with E-state index in [4.69, 9.17) is 5.11 Å². The molecular weight excluding hydrogens is 290 g/mol. The number of hydrogen-bond donors (Lipinski definition) is 1. The van der Waals surface area contributed by atoms with Gasteiger partial charge in [-0.2, -0.15) is 0 Å². The van der Waals surface area contributed by atoms with E-state index in [1.54, 1.807) is 18.2 Å². The van der Waals surface area contributed by atoms with Crippen molar-refractivity contribution >= 4 is 35.0 Å². The number of carboxylic acids is 1. The van der Waals surface area contributed by atoms with Crippen molar-refractivity contribution in [2.45, 2.75) is 26.3 Å². The Balaban J connectivity index is 2.24. The highest BCUT2D eigenvalue weighted by Gasteiger charge is 2.37. The second-order valence-corrected chi connectivity index (χ2v) is 5.73. The molecule has 0 spiro atoms. The Morgan fingerprint density at radius 1 is 1.33 bits per heavy atom. The first-order valence-corrected chi connectivity index (χ1v) is 7.36. The molecule has 1 saturated heterocycles. The lowest BCUT2D eigenvalue weighted by molar-refractivity contribution is -0.124. The summed E-state index contributed by atoms with van der Waals surface area (Å²) in [5, 5.41) is 8.57. The van der Waals surface area contributed by atoms with Crippen LogP contribution >= 0.6 is 11.8 Å². The predicted octanol–water partition coefficient (Wildman–Crippen LogP) is 3.22. The van der Waals surface area contributed by atoms with Gasteiger partial charge in [-0.05, 0) is 48.9 Å². The van der Waals surface area contributed by atoms with Crippen molar-refractivity contribution in [3.8, 4) is 0 Å². The Labute approximate surface area is 126 Å². The normalized spacial score (nSPS) is 18.4. The first-order valence-electron chi connectivity index (χ1n) is 6.54. The lowest BCUT2D eigenvalue weighted by Gasteiger charge is -2.19. The van der Waals surface area contributed by atoms with Crippen LogP contribution in [0, 0.1) is 0 Å². The van der Waals surface area contributed by atoms with Crippen molar-refractivity contribution in [2.24, 2.45) is 0 Å². The van der Waals surface area contributed by atoms with E-state index >= 15 is 0 Å². The second-order valence-electron chi connectivity index (χ2n) is 4.74. The highest BCUT2D eigenvalue weighted by molar-refractivity contribution is 8.18. The summed E-state index contributed by atoms with van der Waals surface area (Å²) < 4.78 is 0. The summed E-state index contributed by atoms with van der Waals surface area (Å²) in [4.78, 5) is 36.5. The van der Waals surface area contributed by atoms with Crippen LogP contribution in [0.3, 0.4) is 0 Å². The highest BCUT2D eigenvalue weighted by Crippen LogP contribution is 2.34. The van der Waals surface area contributed by atoms with Crippen molar-refractivity contribution in [1.29, 1.82) is 0 Å². The van der Waals surface area contributed by atoms with Crippen molar-refractivity contribution < 1.29 is 19.5 Å². The van der Waals surface area contributed by atoms with E-state index in [2.05, 4.69) is 0 Å². The number of thioether (sulfide) groups is 1. The summed E-state index contributed by atoms with van der Waals surface area (Å²) in [5.41, 5.74) is 0.870. The van der Waals surface area contributed by atoms with Gasteiger partial charge in [0.2, 0.25) is 0 Å². The molecule has 0 aliphatic carbocycles. The molecule has 1 atom stereocenters. The zero-order chi connectivity index (χ0) is 15.6. The highest BCUT2D eigenvalue weighted by atomic mass is 32.2. The molecule has 0 radical (unpaired) electrons. The van der Waals surface area contributed by atoms with Crippen molar-refractivity contribution in [1.82, 2.24) is 4.90 Å². The minimum Gasteiger partial charge on any atom is -0.478 e. The third kappa shape index (κ3) is 3.16. The topological polar surface area (TPSA) is 74.7 Å². The van der Waals surface area contributed by atoms with E-state index in [0.29, 0.717) is 16.9 Å². The molecule has 1 heterocycles. The molecule has 1 aromatic carbocycles. The van der Waals surface area contributed by atoms with Gasteiger partial charge in [0.25, 0.3) is 11.1 Å². The molecule has 1 aliphatic heterocycles. The average Bonchev–Trinajstić information content (AvgIpc) is 2.73. The number of carbonyl (C=O) groups excluding carboxylic acids is 2. The number of aromatic carboxylic acids is 1. The number of nitrogens with zero attached hydrogens (tertiary/aromatic N) is 1. The molecule has 0 aromatic heterocycles. The minimum absolute atomic E-state index is 0.127. The number of carbonyl (C=O) groups is 3. The molecule has 2 rings (SSSR count). The first kappa shape index (κ1) is 15.3. The first-order chi connectivity index (χ1) is 9.93. The number of rotatable bonds is 4. The van der Waals surface area contributed by atoms with Crippen molar-refractivity contribution in [3.63, 3.8) is 0 Å². The summed E-state index contributed by atoms with van der Waals surface area (Å²) in [6, 6.07) is 6.03. The Morgan fingerprint density at radius 3 is 2.48 bits per heavy atom. The molecule has 0 unspecified atom stereocenters. The van der Waals surface area contributed by atoms with E-state index in [9.17, 15) is 14.4 Å². The molecule has 6 heteroatoms. The van der Waals surface area contributed by atoms with Crippen LogP contribution in [0.1, 0.15) is 36.2 Å². The van der Waals surface area contributed by atoms with E-state index in [-0.39, 0.29) is 22.8 Å². The molecule has 1 aliphatic rings. The molecule has 21 heavy (non-hydrogen) atoms. The quantitative estimate of drug-likeness (QED) is 0.864. The van der Waals surface area contributed by atoms with E-state index in [0.717, 1.165) is 11.8 Å². The summed E-state index contributed by atoms with van der Waals surface area (Å²) in [5.74, 6) is -1.29. The minimum atomic E-state index is -1.00. The van der Waals surface area contributed by atoms with Crippen molar-refractivity contribution in [2.75, 3.05) is 0 Å². The number of imide groups is 1. The monoisotopic (exact) mass is 305 g/mol. The van der Waals surface area contributed by atoms with Gasteiger partial charge >= 0.3 is 5.97 Å². The van der Waals surface area contributed by atoms with Crippen LogP contribution in [0.15, 0.2) is 29.2 Å². The molecule has 5 nitrogen and oxygen atoms in total. The van der Waals surface area contributed by atoms with E-state index in [1.165, 1.54) is 17.0 Å². The summed E-state index contributed by atoms with van der Waals surface area (Å²) in [7, 11) is 0. The van der Waals surface area contributed by atoms with Crippen LogP contribution in [-0.2, 0) is 4.79 Å². The zero-order valence-corrected chi connectivity index (χ0v) is 12.5. The average molecular weight is 305 g/mol. The smallest absolute Gasteiger partial charge is 0.335 e. The molecule has 1 N–H and O–H groups in total. The Kier molecular flexibility index (Phi) is 4.47. The number of amides is 2. The van der Waals surface area contributed by atoms with Crippen LogP contribution in [0.4, 0.5) is 4.79 Å². The van der Waals surface area contributed by atoms with Crippen molar-refractivity contribution in [3.05, 3.63) is 40.3 Å². The maximum absolute atomic E-state index is 12.2. The van der Waals surface area contributed by atoms with Gasteiger partial charge in [-0.1, -0.05) is 19.1 Å². The molecule has 1 fully saturated rings. The van der Waals surface area contributed by atoms with Gasteiger partial charge in [-0.15, -0.1) is 0 Å². The van der Waals surface area contributed by atoms with Gasteiger partial charge in [0.15, 0.2) is 0 Å². The standard InChI is InChI=1S/C15H15NO4S/c1-3-9(2)16-13(17)12(21-15(16)20)8-10-4-6-11(7-5-10)14(18)19/h4-9H,3H2,1-2H3,(H,18,19)/t9-/m0/s1.